The highest BCUT2D eigenvalue weighted by molar-refractivity contribution is 7.07. The number of hydrogen-bond donors (Lipinski definition) is 1. The van der Waals surface area contributed by atoms with E-state index in [4.69, 9.17) is 9.84 Å². The summed E-state index contributed by atoms with van der Waals surface area (Å²) in [6.07, 6.45) is 0.575. The van der Waals surface area contributed by atoms with Gasteiger partial charge in [0, 0.05) is 23.1 Å². The van der Waals surface area contributed by atoms with E-state index < -0.39 is 0 Å². The van der Waals surface area contributed by atoms with E-state index >= 15 is 0 Å². The van der Waals surface area contributed by atoms with Gasteiger partial charge in [-0.15, -0.1) is 0 Å². The van der Waals surface area contributed by atoms with Crippen molar-refractivity contribution in [3.8, 4) is 11.5 Å². The molecule has 4 nitrogen and oxygen atoms in total. The van der Waals surface area contributed by atoms with E-state index in [0.717, 1.165) is 34.6 Å². The van der Waals surface area contributed by atoms with Crippen molar-refractivity contribution in [2.75, 3.05) is 0 Å². The number of aromatic hydroxyl groups is 1. The number of rotatable bonds is 2. The molecule has 3 heterocycles. The van der Waals surface area contributed by atoms with Crippen LogP contribution in [0.25, 0.3) is 0 Å². The van der Waals surface area contributed by atoms with Crippen molar-refractivity contribution in [1.82, 2.24) is 5.01 Å². The third kappa shape index (κ3) is 2.39. The summed E-state index contributed by atoms with van der Waals surface area (Å²) in [4.78, 5) is 0. The lowest BCUT2D eigenvalue weighted by Gasteiger charge is -2.37. The molecule has 2 aliphatic heterocycles. The van der Waals surface area contributed by atoms with Gasteiger partial charge in [-0.05, 0) is 35.0 Å². The van der Waals surface area contributed by atoms with Gasteiger partial charge in [-0.2, -0.15) is 16.4 Å². The first-order chi connectivity index (χ1) is 12.3. The quantitative estimate of drug-likeness (QED) is 0.730. The summed E-state index contributed by atoms with van der Waals surface area (Å²) in [5, 5.41) is 20.9. The molecule has 2 atom stereocenters. The fourth-order valence-corrected chi connectivity index (χ4v) is 4.20. The lowest BCUT2D eigenvalue weighted by atomic mass is 9.96. The SMILES string of the molecule is Oc1cccc(C2=NN3[C@H](C2)c2ccccc2O[C@@H]3c2ccsc2)c1. The highest BCUT2D eigenvalue weighted by Crippen LogP contribution is 2.47. The van der Waals surface area contributed by atoms with Crippen molar-refractivity contribution in [3.63, 3.8) is 0 Å². The average Bonchev–Trinajstić information content (AvgIpc) is 3.31. The Balaban J connectivity index is 1.60. The van der Waals surface area contributed by atoms with E-state index in [-0.39, 0.29) is 18.0 Å². The Labute approximate surface area is 149 Å². The predicted molar refractivity (Wildman–Crippen MR) is 98.0 cm³/mol. The van der Waals surface area contributed by atoms with Crippen molar-refractivity contribution < 1.29 is 9.84 Å². The molecule has 1 aromatic heterocycles. The fraction of sp³-hybridized carbons (Fsp3) is 0.150. The molecule has 0 spiro atoms. The molecule has 0 saturated heterocycles. The van der Waals surface area contributed by atoms with E-state index in [9.17, 15) is 5.11 Å². The van der Waals surface area contributed by atoms with Crippen LogP contribution in [0.2, 0.25) is 0 Å². The lowest BCUT2D eigenvalue weighted by molar-refractivity contribution is -0.0187. The minimum Gasteiger partial charge on any atom is -0.508 e. The van der Waals surface area contributed by atoms with E-state index in [1.807, 2.05) is 30.3 Å². The van der Waals surface area contributed by atoms with Crippen LogP contribution in [-0.2, 0) is 0 Å². The molecule has 5 rings (SSSR count). The Bertz CT molecular complexity index is 952. The minimum atomic E-state index is -0.221. The predicted octanol–water partition coefficient (Wildman–Crippen LogP) is 4.70. The normalized spacial score (nSPS) is 21.3. The van der Waals surface area contributed by atoms with E-state index in [1.165, 1.54) is 0 Å². The molecule has 2 aliphatic rings. The molecule has 0 fully saturated rings. The topological polar surface area (TPSA) is 45.1 Å². The number of phenolic OH excluding ortho intramolecular Hbond substituents is 1. The summed E-state index contributed by atoms with van der Waals surface area (Å²) >= 11 is 1.66. The van der Waals surface area contributed by atoms with Crippen LogP contribution in [0.4, 0.5) is 0 Å². The van der Waals surface area contributed by atoms with Crippen LogP contribution in [0.15, 0.2) is 70.5 Å². The highest BCUT2D eigenvalue weighted by atomic mass is 32.1. The summed E-state index contributed by atoms with van der Waals surface area (Å²) in [7, 11) is 0. The highest BCUT2D eigenvalue weighted by Gasteiger charge is 2.40. The van der Waals surface area contributed by atoms with Crippen molar-refractivity contribution in [1.29, 1.82) is 0 Å². The van der Waals surface area contributed by atoms with Gasteiger partial charge in [0.1, 0.15) is 11.5 Å². The van der Waals surface area contributed by atoms with Gasteiger partial charge in [0.2, 0.25) is 6.23 Å². The summed E-state index contributed by atoms with van der Waals surface area (Å²) in [6.45, 7) is 0. The Morgan fingerprint density at radius 2 is 2.04 bits per heavy atom. The van der Waals surface area contributed by atoms with Crippen molar-refractivity contribution >= 4 is 17.0 Å². The largest absolute Gasteiger partial charge is 0.508 e. The van der Waals surface area contributed by atoms with Crippen LogP contribution in [0.5, 0.6) is 11.5 Å². The number of hydrogen-bond acceptors (Lipinski definition) is 5. The molecule has 0 bridgehead atoms. The number of para-hydroxylation sites is 1. The van der Waals surface area contributed by atoms with Gasteiger partial charge in [0.15, 0.2) is 0 Å². The molecular formula is C20H16N2O2S. The van der Waals surface area contributed by atoms with Gasteiger partial charge in [-0.25, -0.2) is 5.01 Å². The Morgan fingerprint density at radius 3 is 2.88 bits per heavy atom. The summed E-state index contributed by atoms with van der Waals surface area (Å²) in [5.74, 6) is 1.18. The maximum Gasteiger partial charge on any atom is 0.214 e. The van der Waals surface area contributed by atoms with Crippen LogP contribution < -0.4 is 4.74 Å². The molecule has 0 saturated carbocycles. The number of hydrazone groups is 1. The van der Waals surface area contributed by atoms with Gasteiger partial charge in [-0.1, -0.05) is 30.3 Å². The Kier molecular flexibility index (Phi) is 3.28. The van der Waals surface area contributed by atoms with E-state index in [1.54, 1.807) is 23.5 Å². The zero-order valence-corrected chi connectivity index (χ0v) is 14.2. The second-order valence-corrected chi connectivity index (χ2v) is 7.04. The maximum absolute atomic E-state index is 9.80. The fourth-order valence-electron chi connectivity index (χ4n) is 3.53. The molecule has 25 heavy (non-hydrogen) atoms. The molecule has 0 amide bonds. The van der Waals surface area contributed by atoms with Gasteiger partial charge >= 0.3 is 0 Å². The summed E-state index contributed by atoms with van der Waals surface area (Å²) in [5.41, 5.74) is 4.20. The summed E-state index contributed by atoms with van der Waals surface area (Å²) < 4.78 is 6.27. The molecule has 0 unspecified atom stereocenters. The van der Waals surface area contributed by atoms with Crippen LogP contribution in [0.1, 0.15) is 35.4 Å². The number of phenols is 1. The first kappa shape index (κ1) is 14.5. The number of nitrogens with zero attached hydrogens (tertiary/aromatic N) is 2. The number of benzene rings is 2. The van der Waals surface area contributed by atoms with Gasteiger partial charge in [-0.3, -0.25) is 0 Å². The van der Waals surface area contributed by atoms with E-state index in [0.29, 0.717) is 0 Å². The molecular weight excluding hydrogens is 332 g/mol. The van der Waals surface area contributed by atoms with Crippen LogP contribution in [0, 0.1) is 0 Å². The first-order valence-corrected chi connectivity index (χ1v) is 9.17. The van der Waals surface area contributed by atoms with Crippen LogP contribution in [0.3, 0.4) is 0 Å². The summed E-state index contributed by atoms with van der Waals surface area (Å²) in [6, 6.07) is 17.7. The first-order valence-electron chi connectivity index (χ1n) is 8.22. The minimum absolute atomic E-state index is 0.146. The number of ether oxygens (including phenoxy) is 1. The molecule has 2 aromatic carbocycles. The second kappa shape index (κ2) is 5.63. The monoisotopic (exact) mass is 348 g/mol. The molecule has 0 radical (unpaired) electrons. The number of thiophene rings is 1. The zero-order valence-electron chi connectivity index (χ0n) is 13.4. The third-order valence-corrected chi connectivity index (χ3v) is 5.41. The van der Waals surface area contributed by atoms with Crippen molar-refractivity contribution in [3.05, 3.63) is 82.0 Å². The zero-order chi connectivity index (χ0) is 16.8. The number of fused-ring (bicyclic) bond motifs is 3. The van der Waals surface area contributed by atoms with Gasteiger partial charge in [0.05, 0.1) is 11.8 Å². The second-order valence-electron chi connectivity index (χ2n) is 6.26. The van der Waals surface area contributed by atoms with Crippen LogP contribution >= 0.6 is 11.3 Å². The molecule has 5 heteroatoms. The third-order valence-electron chi connectivity index (χ3n) is 4.71. The molecule has 1 N–H and O–H groups in total. The Hall–Kier alpha value is -2.79. The Morgan fingerprint density at radius 1 is 1.12 bits per heavy atom. The van der Waals surface area contributed by atoms with Gasteiger partial charge < -0.3 is 9.84 Å². The average molecular weight is 348 g/mol. The smallest absolute Gasteiger partial charge is 0.214 e. The molecule has 0 aliphatic carbocycles. The van der Waals surface area contributed by atoms with Gasteiger partial charge in [0.25, 0.3) is 0 Å². The maximum atomic E-state index is 9.80. The van der Waals surface area contributed by atoms with Crippen LogP contribution in [-0.4, -0.2) is 15.8 Å². The lowest BCUT2D eigenvalue weighted by Crippen LogP contribution is -2.33. The van der Waals surface area contributed by atoms with E-state index in [2.05, 4.69) is 27.9 Å². The molecule has 3 aromatic rings. The standard InChI is InChI=1S/C20H16N2O2S/c23-15-5-3-4-13(10-15)17-11-18-16-6-1-2-7-19(16)24-20(22(18)21-17)14-8-9-25-12-14/h1-10,12,18,20,23H,11H2/t18-,20-/m1/s1. The van der Waals surface area contributed by atoms with Crippen molar-refractivity contribution in [2.24, 2.45) is 5.10 Å². The molecule has 124 valence electrons. The van der Waals surface area contributed by atoms with Crippen molar-refractivity contribution in [2.45, 2.75) is 18.7 Å².